The van der Waals surface area contributed by atoms with Crippen LogP contribution in [0, 0.1) is 5.92 Å². The quantitative estimate of drug-likeness (QED) is 0.320. The lowest BCUT2D eigenvalue weighted by Gasteiger charge is -2.35. The smallest absolute Gasteiger partial charge is 0.383 e. The number of halogens is 3. The number of anilines is 2. The second-order valence-corrected chi connectivity index (χ2v) is 9.86. The first kappa shape index (κ1) is 28.2. The number of carbonyl (C=O) groups excluding carboxylic acids is 1. The standard InChI is InChI=1S/C25H32F3N9O2/c1-6-16(30-10-9-29-5)18(33-14(2)21-35-22(36-39-21)25(26,27)28)15-7-11-37(12-8-15)20-17-19(31-13-32-20)34-23(38)24(17,3)4/h6,13,15,29-30H,2,7-12H2,1,3-5H3,(H,31,32,34,38)/b16-6+,33-18-. The lowest BCUT2D eigenvalue weighted by Crippen LogP contribution is -2.40. The van der Waals surface area contributed by atoms with Gasteiger partial charge in [0, 0.05) is 32.1 Å². The number of alkyl halides is 3. The van der Waals surface area contributed by atoms with Crippen LogP contribution in [-0.4, -0.2) is 65.0 Å². The fourth-order valence-electron chi connectivity index (χ4n) is 4.71. The molecule has 0 aromatic carbocycles. The number of fused-ring (bicyclic) bond motifs is 1. The SMILES string of the molecule is C=C(/N=C(\C(=C/C)NCCNC)C1CCN(c2ncnc3c2C(C)(C)C(=O)N3)CC1)c1nc(C(F)(F)F)no1. The van der Waals surface area contributed by atoms with Gasteiger partial charge in [-0.2, -0.15) is 18.2 Å². The largest absolute Gasteiger partial charge is 0.455 e. The van der Waals surface area contributed by atoms with Crippen molar-refractivity contribution in [1.82, 2.24) is 30.7 Å². The molecule has 1 saturated heterocycles. The summed E-state index contributed by atoms with van der Waals surface area (Å²) < 4.78 is 43.8. The van der Waals surface area contributed by atoms with Gasteiger partial charge >= 0.3 is 6.18 Å². The third-order valence-electron chi connectivity index (χ3n) is 6.87. The van der Waals surface area contributed by atoms with E-state index in [1.807, 2.05) is 33.9 Å². The van der Waals surface area contributed by atoms with E-state index in [2.05, 4.69) is 52.5 Å². The molecule has 11 nitrogen and oxygen atoms in total. The summed E-state index contributed by atoms with van der Waals surface area (Å²) in [4.78, 5) is 31.4. The molecule has 4 rings (SSSR count). The molecule has 2 aliphatic rings. The fourth-order valence-corrected chi connectivity index (χ4v) is 4.71. The Morgan fingerprint density at radius 2 is 2.03 bits per heavy atom. The van der Waals surface area contributed by atoms with E-state index < -0.39 is 17.4 Å². The Labute approximate surface area is 224 Å². The number of aromatic nitrogens is 4. The second-order valence-electron chi connectivity index (χ2n) is 9.86. The summed E-state index contributed by atoms with van der Waals surface area (Å²) in [5, 5.41) is 12.3. The Hall–Kier alpha value is -3.81. The van der Waals surface area contributed by atoms with E-state index in [1.165, 1.54) is 6.33 Å². The van der Waals surface area contributed by atoms with Crippen molar-refractivity contribution in [3.63, 3.8) is 0 Å². The summed E-state index contributed by atoms with van der Waals surface area (Å²) in [6.45, 7) is 11.9. The summed E-state index contributed by atoms with van der Waals surface area (Å²) in [6.07, 6.45) is -0.0621. The lowest BCUT2D eigenvalue weighted by molar-refractivity contribution is -0.146. The van der Waals surface area contributed by atoms with Crippen molar-refractivity contribution in [2.45, 2.75) is 45.2 Å². The number of amides is 1. The molecule has 0 bridgehead atoms. The average Bonchev–Trinajstić information content (AvgIpc) is 3.49. The van der Waals surface area contributed by atoms with Crippen LogP contribution in [-0.2, 0) is 16.4 Å². The van der Waals surface area contributed by atoms with E-state index >= 15 is 0 Å². The molecule has 0 saturated carbocycles. The molecule has 0 unspecified atom stereocenters. The van der Waals surface area contributed by atoms with Gasteiger partial charge < -0.3 is 25.4 Å². The van der Waals surface area contributed by atoms with Crippen LogP contribution in [0.3, 0.4) is 0 Å². The summed E-state index contributed by atoms with van der Waals surface area (Å²) in [5.74, 6) is -0.692. The van der Waals surface area contributed by atoms with Crippen LogP contribution in [0.15, 0.2) is 34.2 Å². The highest BCUT2D eigenvalue weighted by Gasteiger charge is 2.43. The molecule has 1 amide bonds. The van der Waals surface area contributed by atoms with E-state index in [4.69, 9.17) is 4.52 Å². The van der Waals surface area contributed by atoms with Gasteiger partial charge in [0.15, 0.2) is 0 Å². The van der Waals surface area contributed by atoms with Crippen molar-refractivity contribution in [3.05, 3.63) is 42.0 Å². The topological polar surface area (TPSA) is 133 Å². The van der Waals surface area contributed by atoms with Crippen molar-refractivity contribution >= 4 is 29.0 Å². The molecule has 1 fully saturated rings. The predicted octanol–water partition coefficient (Wildman–Crippen LogP) is 3.15. The average molecular weight is 548 g/mol. The van der Waals surface area contributed by atoms with Crippen molar-refractivity contribution in [2.24, 2.45) is 10.9 Å². The molecule has 2 aliphatic heterocycles. The van der Waals surface area contributed by atoms with Crippen LogP contribution >= 0.6 is 0 Å². The molecule has 2 aromatic rings. The van der Waals surface area contributed by atoms with Crippen molar-refractivity contribution in [1.29, 1.82) is 0 Å². The minimum atomic E-state index is -4.74. The number of piperidine rings is 1. The van der Waals surface area contributed by atoms with Crippen LogP contribution in [0.1, 0.15) is 50.9 Å². The molecule has 39 heavy (non-hydrogen) atoms. The highest BCUT2D eigenvalue weighted by Crippen LogP contribution is 2.42. The van der Waals surface area contributed by atoms with Crippen LogP contribution < -0.4 is 20.9 Å². The van der Waals surface area contributed by atoms with Gasteiger partial charge in [0.25, 0.3) is 11.7 Å². The normalized spacial score (nSPS) is 18.2. The Morgan fingerprint density at radius 1 is 1.31 bits per heavy atom. The second kappa shape index (κ2) is 11.1. The van der Waals surface area contributed by atoms with Gasteiger partial charge in [0.1, 0.15) is 23.7 Å². The molecule has 4 heterocycles. The fraction of sp³-hybridized carbons (Fsp3) is 0.520. The Morgan fingerprint density at radius 3 is 2.64 bits per heavy atom. The maximum absolute atomic E-state index is 13.0. The lowest BCUT2D eigenvalue weighted by atomic mass is 9.85. The number of nitrogens with zero attached hydrogens (tertiary/aromatic N) is 6. The number of allylic oxidation sites excluding steroid dienone is 2. The van der Waals surface area contributed by atoms with Crippen LogP contribution in [0.25, 0.3) is 5.70 Å². The minimum Gasteiger partial charge on any atom is -0.383 e. The third kappa shape index (κ3) is 5.79. The molecular weight excluding hydrogens is 515 g/mol. The predicted molar refractivity (Wildman–Crippen MR) is 140 cm³/mol. The minimum absolute atomic E-state index is 0.0426. The Kier molecular flexibility index (Phi) is 8.04. The number of nitrogens with one attached hydrogen (secondary N) is 3. The number of hydrogen-bond donors (Lipinski definition) is 3. The maximum Gasteiger partial charge on any atom is 0.455 e. The van der Waals surface area contributed by atoms with Crippen LogP contribution in [0.5, 0.6) is 0 Å². The van der Waals surface area contributed by atoms with E-state index in [0.29, 0.717) is 56.4 Å². The molecule has 3 N–H and O–H groups in total. The molecule has 14 heteroatoms. The zero-order chi connectivity index (χ0) is 28.4. The number of rotatable bonds is 9. The third-order valence-corrected chi connectivity index (χ3v) is 6.87. The summed E-state index contributed by atoms with van der Waals surface area (Å²) in [5.41, 5.74) is 1.36. The number of carbonyl (C=O) groups is 1. The van der Waals surface area contributed by atoms with Gasteiger partial charge in [-0.15, -0.1) is 0 Å². The zero-order valence-corrected chi connectivity index (χ0v) is 22.3. The molecular formula is C25H32F3N9O2. The molecule has 0 spiro atoms. The Balaban J connectivity index is 1.58. The summed E-state index contributed by atoms with van der Waals surface area (Å²) in [7, 11) is 1.84. The van der Waals surface area contributed by atoms with E-state index in [1.54, 1.807) is 0 Å². The highest BCUT2D eigenvalue weighted by molar-refractivity contribution is 6.06. The van der Waals surface area contributed by atoms with Crippen molar-refractivity contribution in [3.8, 4) is 0 Å². The molecule has 0 atom stereocenters. The zero-order valence-electron chi connectivity index (χ0n) is 22.3. The van der Waals surface area contributed by atoms with Gasteiger partial charge in [-0.25, -0.2) is 15.0 Å². The van der Waals surface area contributed by atoms with E-state index in [-0.39, 0.29) is 23.4 Å². The van der Waals surface area contributed by atoms with Crippen molar-refractivity contribution < 1.29 is 22.5 Å². The number of aliphatic imine (C=N–C) groups is 1. The van der Waals surface area contributed by atoms with Crippen molar-refractivity contribution in [2.75, 3.05) is 43.4 Å². The monoisotopic (exact) mass is 547 g/mol. The molecule has 0 radical (unpaired) electrons. The van der Waals surface area contributed by atoms with E-state index in [9.17, 15) is 18.0 Å². The van der Waals surface area contributed by atoms with Gasteiger partial charge in [-0.1, -0.05) is 17.8 Å². The van der Waals surface area contributed by atoms with Gasteiger partial charge in [-0.3, -0.25) is 4.79 Å². The Bertz CT molecular complexity index is 1290. The highest BCUT2D eigenvalue weighted by atomic mass is 19.4. The molecule has 2 aromatic heterocycles. The first-order valence-electron chi connectivity index (χ1n) is 12.6. The summed E-state index contributed by atoms with van der Waals surface area (Å²) >= 11 is 0. The maximum atomic E-state index is 13.0. The van der Waals surface area contributed by atoms with E-state index in [0.717, 1.165) is 11.3 Å². The van der Waals surface area contributed by atoms with Crippen LogP contribution in [0.4, 0.5) is 24.8 Å². The summed E-state index contributed by atoms with van der Waals surface area (Å²) in [6, 6.07) is 0. The first-order chi connectivity index (χ1) is 18.5. The first-order valence-corrected chi connectivity index (χ1v) is 12.6. The number of likely N-dealkylation sites (N-methyl/N-ethyl adjacent to an activating group) is 1. The van der Waals surface area contributed by atoms with Crippen LogP contribution in [0.2, 0.25) is 0 Å². The van der Waals surface area contributed by atoms with Gasteiger partial charge in [0.05, 0.1) is 22.4 Å². The van der Waals surface area contributed by atoms with Gasteiger partial charge in [0.2, 0.25) is 5.91 Å². The van der Waals surface area contributed by atoms with Gasteiger partial charge in [-0.05, 0) is 40.7 Å². The number of hydrogen-bond acceptors (Lipinski definition) is 10. The molecule has 210 valence electrons. The molecule has 0 aliphatic carbocycles.